The number of pyridine rings is 1. The normalized spacial score (nSPS) is 19.5. The number of H-pyrrole nitrogens is 1. The molecule has 9 nitrogen and oxygen atoms in total. The number of rotatable bonds is 6. The summed E-state index contributed by atoms with van der Waals surface area (Å²) in [5.74, 6) is -1.52. The summed E-state index contributed by atoms with van der Waals surface area (Å²) in [4.78, 5) is 50.3. The van der Waals surface area contributed by atoms with Crippen molar-refractivity contribution < 1.29 is 22.8 Å². The number of carbonyl (C=O) groups excluding carboxylic acids is 3. The Bertz CT molecular complexity index is 962. The molecule has 0 saturated carbocycles. The molecule has 0 aromatic carbocycles. The molecule has 138 valence electrons. The van der Waals surface area contributed by atoms with Gasteiger partial charge in [0.15, 0.2) is 15.6 Å². The number of sulfone groups is 1. The minimum atomic E-state index is -3.96. The number of aromatic nitrogens is 1. The first-order valence-corrected chi connectivity index (χ1v) is 9.70. The summed E-state index contributed by atoms with van der Waals surface area (Å²) in [5.41, 5.74) is -0.0109. The summed E-state index contributed by atoms with van der Waals surface area (Å²) < 4.78 is 25.8. The van der Waals surface area contributed by atoms with Crippen molar-refractivity contribution in [2.24, 2.45) is 0 Å². The van der Waals surface area contributed by atoms with Crippen LogP contribution in [0.25, 0.3) is 0 Å². The molecule has 1 amide bonds. The molecular weight excluding hydrogens is 362 g/mol. The van der Waals surface area contributed by atoms with Crippen LogP contribution in [0.1, 0.15) is 24.8 Å². The van der Waals surface area contributed by atoms with Crippen molar-refractivity contribution in [3.05, 3.63) is 45.6 Å². The summed E-state index contributed by atoms with van der Waals surface area (Å²) >= 11 is 0. The van der Waals surface area contributed by atoms with Gasteiger partial charge in [0, 0.05) is 36.7 Å². The number of aromatic amines is 1. The predicted octanol–water partition coefficient (Wildman–Crippen LogP) is -0.789. The molecule has 3 heterocycles. The molecule has 2 N–H and O–H groups in total. The maximum atomic E-state index is 12.9. The average molecular weight is 379 g/mol. The van der Waals surface area contributed by atoms with E-state index < -0.39 is 32.4 Å². The first kappa shape index (κ1) is 18.1. The van der Waals surface area contributed by atoms with E-state index in [4.69, 9.17) is 0 Å². The van der Waals surface area contributed by atoms with Crippen LogP contribution in [0.15, 0.2) is 34.5 Å². The van der Waals surface area contributed by atoms with Gasteiger partial charge in [-0.1, -0.05) is 6.07 Å². The molecule has 1 aromatic heterocycles. The van der Waals surface area contributed by atoms with E-state index in [1.54, 1.807) is 0 Å². The standard InChI is InChI=1S/C16H17N3O6S/c20-6-2-4-13(22)19-14(7-11-15(19)12(21)8-18-11)26(24,25)9-10-3-1-5-17-16(10)23/h1,3,5-6,14,18H,2,4,7-9H2,(H,17,23). The number of Topliss-reactive ketones (excluding diaryl/α,β-unsaturated/α-hetero) is 1. The van der Waals surface area contributed by atoms with Crippen molar-refractivity contribution >= 4 is 27.8 Å². The van der Waals surface area contributed by atoms with Crippen molar-refractivity contribution in [1.29, 1.82) is 0 Å². The van der Waals surface area contributed by atoms with E-state index in [-0.39, 0.29) is 42.9 Å². The lowest BCUT2D eigenvalue weighted by molar-refractivity contribution is -0.132. The van der Waals surface area contributed by atoms with E-state index in [0.717, 1.165) is 4.90 Å². The second-order valence-electron chi connectivity index (χ2n) is 6.06. The molecule has 0 spiro atoms. The molecular formula is C16H17N3O6S. The predicted molar refractivity (Wildman–Crippen MR) is 90.3 cm³/mol. The minimum Gasteiger partial charge on any atom is -0.379 e. The van der Waals surface area contributed by atoms with E-state index in [1.165, 1.54) is 18.3 Å². The van der Waals surface area contributed by atoms with Crippen LogP contribution < -0.4 is 10.9 Å². The first-order valence-electron chi connectivity index (χ1n) is 7.99. The number of carbonyl (C=O) groups is 3. The quantitative estimate of drug-likeness (QED) is 0.619. The molecule has 0 saturated heterocycles. The number of aldehydes is 1. The Kier molecular flexibility index (Phi) is 4.77. The highest BCUT2D eigenvalue weighted by Gasteiger charge is 2.47. The number of hydrogen-bond acceptors (Lipinski definition) is 7. The Morgan fingerprint density at radius 1 is 1.35 bits per heavy atom. The maximum absolute atomic E-state index is 12.9. The third-order valence-corrected chi connectivity index (χ3v) is 6.26. The second-order valence-corrected chi connectivity index (χ2v) is 8.22. The van der Waals surface area contributed by atoms with Crippen LogP contribution in [-0.2, 0) is 30.0 Å². The second kappa shape index (κ2) is 6.87. The third-order valence-electron chi connectivity index (χ3n) is 4.34. The number of hydrogen-bond donors (Lipinski definition) is 2. The summed E-state index contributed by atoms with van der Waals surface area (Å²) in [6, 6.07) is 2.91. The molecule has 26 heavy (non-hydrogen) atoms. The highest BCUT2D eigenvalue weighted by Crippen LogP contribution is 2.35. The fraction of sp³-hybridized carbons (Fsp3) is 0.375. The Morgan fingerprint density at radius 2 is 2.12 bits per heavy atom. The summed E-state index contributed by atoms with van der Waals surface area (Å²) in [7, 11) is -3.96. The fourth-order valence-electron chi connectivity index (χ4n) is 3.14. The van der Waals surface area contributed by atoms with E-state index in [1.807, 2.05) is 0 Å². The Balaban J connectivity index is 1.93. The topological polar surface area (TPSA) is 133 Å². The van der Waals surface area contributed by atoms with Gasteiger partial charge in [0.25, 0.3) is 5.56 Å². The molecule has 1 atom stereocenters. The van der Waals surface area contributed by atoms with E-state index in [0.29, 0.717) is 12.0 Å². The molecule has 3 rings (SSSR count). The molecule has 1 unspecified atom stereocenters. The maximum Gasteiger partial charge on any atom is 0.252 e. The van der Waals surface area contributed by atoms with Gasteiger partial charge in [-0.2, -0.15) is 0 Å². The van der Waals surface area contributed by atoms with Gasteiger partial charge in [-0.25, -0.2) is 8.42 Å². The summed E-state index contributed by atoms with van der Waals surface area (Å²) in [6.07, 6.45) is 1.66. The van der Waals surface area contributed by atoms with Gasteiger partial charge >= 0.3 is 0 Å². The SMILES string of the molecule is O=CCCC(=O)N1C2=C(CC1S(=O)(=O)Cc1ccc[nH]c1=O)NCC2=O. The van der Waals surface area contributed by atoms with Gasteiger partial charge in [0.05, 0.1) is 12.3 Å². The van der Waals surface area contributed by atoms with Gasteiger partial charge in [-0.05, 0) is 6.07 Å². The van der Waals surface area contributed by atoms with Crippen molar-refractivity contribution in [1.82, 2.24) is 15.2 Å². The lowest BCUT2D eigenvalue weighted by Gasteiger charge is -2.26. The first-order chi connectivity index (χ1) is 12.3. The largest absolute Gasteiger partial charge is 0.379 e. The average Bonchev–Trinajstić information content (AvgIpc) is 3.15. The van der Waals surface area contributed by atoms with Crippen molar-refractivity contribution in [2.75, 3.05) is 6.54 Å². The summed E-state index contributed by atoms with van der Waals surface area (Å²) in [5, 5.41) is 1.55. The van der Waals surface area contributed by atoms with Crippen LogP contribution >= 0.6 is 0 Å². The zero-order valence-electron chi connectivity index (χ0n) is 13.7. The van der Waals surface area contributed by atoms with Crippen LogP contribution in [-0.4, -0.2) is 48.2 Å². The Morgan fingerprint density at radius 3 is 2.81 bits per heavy atom. The van der Waals surface area contributed by atoms with Gasteiger partial charge in [-0.3, -0.25) is 19.3 Å². The van der Waals surface area contributed by atoms with Gasteiger partial charge in [0.1, 0.15) is 17.4 Å². The molecule has 0 fully saturated rings. The molecule has 1 aromatic rings. The van der Waals surface area contributed by atoms with E-state index >= 15 is 0 Å². The zero-order valence-corrected chi connectivity index (χ0v) is 14.5. The van der Waals surface area contributed by atoms with Gasteiger partial charge < -0.3 is 15.1 Å². The van der Waals surface area contributed by atoms with E-state index in [9.17, 15) is 27.6 Å². The van der Waals surface area contributed by atoms with Crippen LogP contribution in [0.2, 0.25) is 0 Å². The highest BCUT2D eigenvalue weighted by molar-refractivity contribution is 7.91. The van der Waals surface area contributed by atoms with Crippen LogP contribution in [0.3, 0.4) is 0 Å². The fourth-order valence-corrected chi connectivity index (χ4v) is 4.96. The lowest BCUT2D eigenvalue weighted by atomic mass is 10.2. The lowest BCUT2D eigenvalue weighted by Crippen LogP contribution is -2.44. The Labute approximate surface area is 149 Å². The monoisotopic (exact) mass is 379 g/mol. The highest BCUT2D eigenvalue weighted by atomic mass is 32.2. The van der Waals surface area contributed by atoms with E-state index in [2.05, 4.69) is 10.3 Å². The smallest absolute Gasteiger partial charge is 0.252 e. The third kappa shape index (κ3) is 3.19. The van der Waals surface area contributed by atoms with Gasteiger partial charge in [-0.15, -0.1) is 0 Å². The van der Waals surface area contributed by atoms with Crippen LogP contribution in [0.5, 0.6) is 0 Å². The van der Waals surface area contributed by atoms with Crippen molar-refractivity contribution in [3.63, 3.8) is 0 Å². The minimum absolute atomic E-state index is 0.00719. The number of ketones is 1. The zero-order chi connectivity index (χ0) is 18.9. The number of nitrogens with one attached hydrogen (secondary N) is 2. The van der Waals surface area contributed by atoms with Crippen LogP contribution in [0, 0.1) is 0 Å². The van der Waals surface area contributed by atoms with Crippen LogP contribution in [0.4, 0.5) is 0 Å². The Hall–Kier alpha value is -2.75. The molecule has 0 bridgehead atoms. The number of amides is 1. The molecule has 0 aliphatic carbocycles. The van der Waals surface area contributed by atoms with Gasteiger partial charge in [0.2, 0.25) is 5.91 Å². The molecule has 2 aliphatic heterocycles. The number of nitrogens with zero attached hydrogens (tertiary/aromatic N) is 1. The summed E-state index contributed by atoms with van der Waals surface area (Å²) in [6.45, 7) is 0.00719. The van der Waals surface area contributed by atoms with Crippen molar-refractivity contribution in [2.45, 2.75) is 30.4 Å². The molecule has 10 heteroatoms. The molecule has 0 radical (unpaired) electrons. The molecule has 2 aliphatic rings. The van der Waals surface area contributed by atoms with Crippen molar-refractivity contribution in [3.8, 4) is 0 Å².